The van der Waals surface area contributed by atoms with E-state index in [9.17, 15) is 4.79 Å². The Kier molecular flexibility index (Phi) is 7.20. The minimum atomic E-state index is -0.948. The van der Waals surface area contributed by atoms with Gasteiger partial charge in [0.05, 0.1) is 6.61 Å². The van der Waals surface area contributed by atoms with Crippen molar-refractivity contribution in [1.82, 2.24) is 0 Å². The van der Waals surface area contributed by atoms with Crippen molar-refractivity contribution in [3.63, 3.8) is 0 Å². The summed E-state index contributed by atoms with van der Waals surface area (Å²) in [6.07, 6.45) is 6.68. The zero-order chi connectivity index (χ0) is 14.4. The highest BCUT2D eigenvalue weighted by Crippen LogP contribution is 2.24. The largest absolute Gasteiger partial charge is 0.464 e. The first-order chi connectivity index (χ1) is 9.58. The van der Waals surface area contributed by atoms with Gasteiger partial charge in [-0.2, -0.15) is 0 Å². The van der Waals surface area contributed by atoms with Crippen molar-refractivity contribution in [2.75, 3.05) is 6.61 Å². The Hall–Kier alpha value is -1.06. The van der Waals surface area contributed by atoms with Crippen LogP contribution in [-0.2, 0) is 16.0 Å². The number of nitrogens with two attached hydrogens (primary N) is 1. The highest BCUT2D eigenvalue weighted by Gasteiger charge is 2.31. The summed E-state index contributed by atoms with van der Waals surface area (Å²) < 4.78 is 5.45. The van der Waals surface area contributed by atoms with E-state index in [4.69, 9.17) is 10.5 Å². The van der Waals surface area contributed by atoms with E-state index in [1.807, 2.05) is 30.3 Å². The Morgan fingerprint density at radius 1 is 1.24 bits per heavy atom. The molecule has 4 heteroatoms. The number of benzene rings is 1. The zero-order valence-electron chi connectivity index (χ0n) is 12.7. The van der Waals surface area contributed by atoms with E-state index in [0.29, 0.717) is 18.9 Å². The molecule has 1 fully saturated rings. The molecule has 118 valence electrons. The molecule has 2 N–H and O–H groups in total. The highest BCUT2D eigenvalue weighted by molar-refractivity contribution is 5.85. The maximum Gasteiger partial charge on any atom is 0.326 e. The summed E-state index contributed by atoms with van der Waals surface area (Å²) in [6.45, 7) is 2.28. The Balaban J connectivity index is 0.00000220. The van der Waals surface area contributed by atoms with Crippen LogP contribution in [-0.4, -0.2) is 18.1 Å². The molecular formula is C17H26ClNO2. The minimum absolute atomic E-state index is 0. The molecule has 1 aromatic rings. The first-order valence-electron chi connectivity index (χ1n) is 7.58. The fourth-order valence-corrected chi connectivity index (χ4v) is 2.80. The summed E-state index contributed by atoms with van der Waals surface area (Å²) in [6, 6.07) is 9.84. The predicted molar refractivity (Wildman–Crippen MR) is 87.5 cm³/mol. The Bertz CT molecular complexity index is 428. The molecule has 1 aliphatic carbocycles. The number of carbonyl (C=O) groups excluding carboxylic acids is 1. The molecular weight excluding hydrogens is 286 g/mol. The van der Waals surface area contributed by atoms with E-state index >= 15 is 0 Å². The fraction of sp³-hybridized carbons (Fsp3) is 0.588. The third-order valence-electron chi connectivity index (χ3n) is 4.06. The van der Waals surface area contributed by atoms with Gasteiger partial charge in [0.15, 0.2) is 0 Å². The van der Waals surface area contributed by atoms with E-state index in [0.717, 1.165) is 5.56 Å². The molecule has 0 radical (unpaired) electrons. The van der Waals surface area contributed by atoms with Crippen molar-refractivity contribution < 1.29 is 9.53 Å². The Morgan fingerprint density at radius 3 is 2.48 bits per heavy atom. The molecule has 0 spiro atoms. The van der Waals surface area contributed by atoms with Crippen LogP contribution < -0.4 is 5.73 Å². The van der Waals surface area contributed by atoms with E-state index in [2.05, 4.69) is 0 Å². The molecule has 3 nitrogen and oxygen atoms in total. The van der Waals surface area contributed by atoms with Crippen molar-refractivity contribution in [2.45, 2.75) is 51.0 Å². The molecule has 2 rings (SSSR count). The zero-order valence-corrected chi connectivity index (χ0v) is 13.5. The van der Waals surface area contributed by atoms with Crippen LogP contribution in [0, 0.1) is 5.92 Å². The normalized spacial score (nSPS) is 18.4. The monoisotopic (exact) mass is 311 g/mol. The van der Waals surface area contributed by atoms with Gasteiger partial charge >= 0.3 is 5.97 Å². The number of rotatable bonds is 5. The summed E-state index contributed by atoms with van der Waals surface area (Å²) in [5.41, 5.74) is 6.25. The van der Waals surface area contributed by atoms with Crippen LogP contribution in [0.1, 0.15) is 44.6 Å². The van der Waals surface area contributed by atoms with Gasteiger partial charge in [-0.1, -0.05) is 49.6 Å². The van der Waals surface area contributed by atoms with Gasteiger partial charge in [0, 0.05) is 6.42 Å². The van der Waals surface area contributed by atoms with E-state index in [1.54, 1.807) is 6.92 Å². The number of esters is 1. The quantitative estimate of drug-likeness (QED) is 0.847. The first kappa shape index (κ1) is 18.0. The van der Waals surface area contributed by atoms with Gasteiger partial charge in [0.25, 0.3) is 0 Å². The number of halogens is 1. The summed E-state index contributed by atoms with van der Waals surface area (Å²) in [5.74, 6) is 0.243. The van der Waals surface area contributed by atoms with Gasteiger partial charge < -0.3 is 10.5 Å². The molecule has 1 saturated carbocycles. The van der Waals surface area contributed by atoms with Crippen LogP contribution in [0.2, 0.25) is 0 Å². The van der Waals surface area contributed by atoms with Crippen molar-refractivity contribution in [1.29, 1.82) is 0 Å². The highest BCUT2D eigenvalue weighted by atomic mass is 35.5. The summed E-state index contributed by atoms with van der Waals surface area (Å²) >= 11 is 0. The van der Waals surface area contributed by atoms with Crippen LogP contribution in [0.5, 0.6) is 0 Å². The lowest BCUT2D eigenvalue weighted by Gasteiger charge is -2.26. The smallest absolute Gasteiger partial charge is 0.326 e. The average Bonchev–Trinajstić information content (AvgIpc) is 2.46. The molecule has 1 atom stereocenters. The molecule has 1 aromatic carbocycles. The van der Waals surface area contributed by atoms with Crippen molar-refractivity contribution >= 4 is 18.4 Å². The van der Waals surface area contributed by atoms with Crippen LogP contribution in [0.25, 0.3) is 0 Å². The standard InChI is InChI=1S/C17H25NO2.ClH/c1-17(18,12-14-8-4-2-5-9-14)16(19)20-13-15-10-6-3-7-11-15;/h2,4-5,8-9,15H,3,6-7,10-13,18H2,1H3;1H. The number of ether oxygens (including phenoxy) is 1. The Labute approximate surface area is 133 Å². The predicted octanol–water partition coefficient (Wildman–Crippen LogP) is 3.49. The average molecular weight is 312 g/mol. The van der Waals surface area contributed by atoms with Crippen LogP contribution in [0.4, 0.5) is 0 Å². The second-order valence-corrected chi connectivity index (χ2v) is 6.18. The van der Waals surface area contributed by atoms with Gasteiger partial charge in [-0.25, -0.2) is 0 Å². The molecule has 1 aliphatic rings. The van der Waals surface area contributed by atoms with E-state index in [-0.39, 0.29) is 18.4 Å². The van der Waals surface area contributed by atoms with Crippen LogP contribution in [0.3, 0.4) is 0 Å². The lowest BCUT2D eigenvalue weighted by Crippen LogP contribution is -2.48. The summed E-state index contributed by atoms with van der Waals surface area (Å²) in [4.78, 5) is 12.2. The van der Waals surface area contributed by atoms with Crippen LogP contribution >= 0.6 is 12.4 Å². The minimum Gasteiger partial charge on any atom is -0.464 e. The fourth-order valence-electron chi connectivity index (χ4n) is 2.80. The van der Waals surface area contributed by atoms with Gasteiger partial charge in [-0.15, -0.1) is 12.4 Å². The molecule has 0 aliphatic heterocycles. The third-order valence-corrected chi connectivity index (χ3v) is 4.06. The summed E-state index contributed by atoms with van der Waals surface area (Å²) in [7, 11) is 0. The number of hydrogen-bond donors (Lipinski definition) is 1. The SMILES string of the molecule is CC(N)(Cc1ccccc1)C(=O)OCC1CCCCC1.Cl. The maximum absolute atomic E-state index is 12.2. The third kappa shape index (κ3) is 5.68. The van der Waals surface area contributed by atoms with Gasteiger partial charge in [-0.3, -0.25) is 4.79 Å². The molecule has 1 unspecified atom stereocenters. The van der Waals surface area contributed by atoms with E-state index in [1.165, 1.54) is 32.1 Å². The lowest BCUT2D eigenvalue weighted by molar-refractivity contribution is -0.151. The number of carbonyl (C=O) groups is 1. The molecule has 0 saturated heterocycles. The molecule has 21 heavy (non-hydrogen) atoms. The number of hydrogen-bond acceptors (Lipinski definition) is 3. The van der Waals surface area contributed by atoms with Gasteiger partial charge in [-0.05, 0) is 31.2 Å². The van der Waals surface area contributed by atoms with Crippen molar-refractivity contribution in [3.05, 3.63) is 35.9 Å². The van der Waals surface area contributed by atoms with E-state index < -0.39 is 5.54 Å². The topological polar surface area (TPSA) is 52.3 Å². The first-order valence-corrected chi connectivity index (χ1v) is 7.58. The van der Waals surface area contributed by atoms with Gasteiger partial charge in [0.1, 0.15) is 5.54 Å². The molecule has 0 heterocycles. The lowest BCUT2D eigenvalue weighted by atomic mass is 9.90. The Morgan fingerprint density at radius 2 is 1.86 bits per heavy atom. The van der Waals surface area contributed by atoms with Crippen LogP contribution in [0.15, 0.2) is 30.3 Å². The molecule has 0 amide bonds. The van der Waals surface area contributed by atoms with Crippen molar-refractivity contribution in [2.24, 2.45) is 11.7 Å². The molecule has 0 bridgehead atoms. The second-order valence-electron chi connectivity index (χ2n) is 6.18. The van der Waals surface area contributed by atoms with Gasteiger partial charge in [0.2, 0.25) is 0 Å². The molecule has 0 aromatic heterocycles. The summed E-state index contributed by atoms with van der Waals surface area (Å²) in [5, 5.41) is 0. The second kappa shape index (κ2) is 8.40. The maximum atomic E-state index is 12.2. The van der Waals surface area contributed by atoms with Crippen molar-refractivity contribution in [3.8, 4) is 0 Å².